The van der Waals surface area contributed by atoms with Gasteiger partial charge in [0, 0.05) is 11.4 Å². The van der Waals surface area contributed by atoms with Crippen molar-refractivity contribution in [1.82, 2.24) is 4.72 Å². The molecule has 2 rings (SSSR count). The summed E-state index contributed by atoms with van der Waals surface area (Å²) in [6.45, 7) is 0. The van der Waals surface area contributed by atoms with E-state index in [9.17, 15) is 23.3 Å². The van der Waals surface area contributed by atoms with Gasteiger partial charge in [-0.05, 0) is 36.2 Å². The van der Waals surface area contributed by atoms with Gasteiger partial charge >= 0.3 is 0 Å². The number of nitrogens with zero attached hydrogens (tertiary/aromatic N) is 1. The molecule has 2 aromatic carbocycles. The summed E-state index contributed by atoms with van der Waals surface area (Å²) in [5.41, 5.74) is 0.0833. The van der Waals surface area contributed by atoms with Crippen LogP contribution in [0, 0.1) is 10.1 Å². The van der Waals surface area contributed by atoms with E-state index in [0.29, 0.717) is 5.02 Å². The van der Waals surface area contributed by atoms with Crippen LogP contribution < -0.4 is 9.46 Å². The molecule has 0 saturated heterocycles. The molecule has 1 N–H and O–H groups in total. The maximum absolute atomic E-state index is 12.3. The molecule has 0 bridgehead atoms. The molecule has 0 fully saturated rings. The van der Waals surface area contributed by atoms with Crippen molar-refractivity contribution in [2.75, 3.05) is 7.11 Å². The number of rotatable bonds is 7. The Morgan fingerprint density at radius 3 is 2.62 bits per heavy atom. The van der Waals surface area contributed by atoms with E-state index in [2.05, 4.69) is 0 Å². The van der Waals surface area contributed by atoms with Crippen LogP contribution in [-0.2, 0) is 21.2 Å². The average molecular weight is 399 g/mol. The van der Waals surface area contributed by atoms with Crippen LogP contribution >= 0.6 is 11.6 Å². The second-order valence-electron chi connectivity index (χ2n) is 5.25. The third-order valence-corrected chi connectivity index (χ3v) is 5.09. The quantitative estimate of drug-likeness (QED) is 0.566. The standard InChI is InChI=1S/C16H15ClN2O6S/c1-25-13-6-7-15(14(10-13)19(21)22)26(23,24)18-16(20)8-5-11-3-2-4-12(17)9-11/h2-4,6-7,9-10H,5,8H2,1H3,(H,18,20). The number of benzene rings is 2. The van der Waals surface area contributed by atoms with Crippen molar-refractivity contribution in [3.05, 3.63) is 63.2 Å². The van der Waals surface area contributed by atoms with Gasteiger partial charge in [-0.25, -0.2) is 13.1 Å². The molecule has 1 amide bonds. The number of halogens is 1. The van der Waals surface area contributed by atoms with Gasteiger partial charge in [0.2, 0.25) is 5.91 Å². The van der Waals surface area contributed by atoms with Crippen LogP contribution in [0.3, 0.4) is 0 Å². The highest BCUT2D eigenvalue weighted by Crippen LogP contribution is 2.28. The lowest BCUT2D eigenvalue weighted by Crippen LogP contribution is -2.31. The average Bonchev–Trinajstić information content (AvgIpc) is 2.59. The topological polar surface area (TPSA) is 116 Å². The zero-order valence-corrected chi connectivity index (χ0v) is 15.2. The fraction of sp³-hybridized carbons (Fsp3) is 0.188. The molecule has 0 atom stereocenters. The number of methoxy groups -OCH3 is 1. The molecule has 0 spiro atoms. The van der Waals surface area contributed by atoms with Gasteiger partial charge in [0.1, 0.15) is 5.75 Å². The Hall–Kier alpha value is -2.65. The molecule has 0 saturated carbocycles. The maximum Gasteiger partial charge on any atom is 0.293 e. The molecule has 2 aromatic rings. The molecular weight excluding hydrogens is 384 g/mol. The van der Waals surface area contributed by atoms with Crippen molar-refractivity contribution in [2.45, 2.75) is 17.7 Å². The van der Waals surface area contributed by atoms with Crippen LogP contribution in [0.1, 0.15) is 12.0 Å². The van der Waals surface area contributed by atoms with Gasteiger partial charge in [-0.2, -0.15) is 0 Å². The van der Waals surface area contributed by atoms with E-state index >= 15 is 0 Å². The molecule has 8 nitrogen and oxygen atoms in total. The summed E-state index contributed by atoms with van der Waals surface area (Å²) in [4.78, 5) is 21.6. The number of nitro benzene ring substituents is 1. The number of carbonyl (C=O) groups excluding carboxylic acids is 1. The minimum absolute atomic E-state index is 0.122. The van der Waals surface area contributed by atoms with Gasteiger partial charge in [-0.3, -0.25) is 14.9 Å². The fourth-order valence-electron chi connectivity index (χ4n) is 2.20. The van der Waals surface area contributed by atoms with Crippen LogP contribution in [0.25, 0.3) is 0 Å². The predicted octanol–water partition coefficient (Wildman–Crippen LogP) is 2.69. The summed E-state index contributed by atoms with van der Waals surface area (Å²) in [5, 5.41) is 11.6. The third-order valence-electron chi connectivity index (χ3n) is 3.43. The highest BCUT2D eigenvalue weighted by atomic mass is 35.5. The lowest BCUT2D eigenvalue weighted by molar-refractivity contribution is -0.387. The van der Waals surface area contributed by atoms with Crippen LogP contribution in [0.2, 0.25) is 5.02 Å². The molecule has 0 aliphatic heterocycles. The van der Waals surface area contributed by atoms with Gasteiger partial charge < -0.3 is 4.74 Å². The third kappa shape index (κ3) is 4.93. The Bertz CT molecular complexity index is 946. The number of nitro groups is 1. The van der Waals surface area contributed by atoms with E-state index in [-0.39, 0.29) is 18.6 Å². The van der Waals surface area contributed by atoms with Crippen LogP contribution in [-0.4, -0.2) is 26.4 Å². The second kappa shape index (κ2) is 8.15. The smallest absolute Gasteiger partial charge is 0.293 e. The number of amides is 1. The van der Waals surface area contributed by atoms with Crippen molar-refractivity contribution in [2.24, 2.45) is 0 Å². The molecule has 138 valence electrons. The van der Waals surface area contributed by atoms with E-state index < -0.39 is 31.4 Å². The molecule has 10 heteroatoms. The molecule has 0 aliphatic rings. The Morgan fingerprint density at radius 1 is 1.27 bits per heavy atom. The van der Waals surface area contributed by atoms with E-state index in [1.165, 1.54) is 13.2 Å². The molecule has 0 aliphatic carbocycles. The maximum atomic E-state index is 12.3. The van der Waals surface area contributed by atoms with E-state index in [4.69, 9.17) is 16.3 Å². The zero-order valence-electron chi connectivity index (χ0n) is 13.6. The number of sulfonamides is 1. The van der Waals surface area contributed by atoms with Crippen molar-refractivity contribution in [3.8, 4) is 5.75 Å². The lowest BCUT2D eigenvalue weighted by Gasteiger charge is -2.09. The number of carbonyl (C=O) groups is 1. The monoisotopic (exact) mass is 398 g/mol. The van der Waals surface area contributed by atoms with E-state index in [1.807, 2.05) is 4.72 Å². The first-order chi connectivity index (χ1) is 12.2. The second-order valence-corrected chi connectivity index (χ2v) is 7.34. The first kappa shape index (κ1) is 19.7. The van der Waals surface area contributed by atoms with Crippen molar-refractivity contribution in [1.29, 1.82) is 0 Å². The van der Waals surface area contributed by atoms with Gasteiger partial charge in [0.25, 0.3) is 15.7 Å². The van der Waals surface area contributed by atoms with Crippen LogP contribution in [0.15, 0.2) is 47.4 Å². The van der Waals surface area contributed by atoms with Crippen molar-refractivity contribution in [3.63, 3.8) is 0 Å². The summed E-state index contributed by atoms with van der Waals surface area (Å²) >= 11 is 5.85. The minimum Gasteiger partial charge on any atom is -0.497 e. The summed E-state index contributed by atoms with van der Waals surface area (Å²) in [7, 11) is -3.10. The Labute approximate surface area is 154 Å². The SMILES string of the molecule is COc1ccc(S(=O)(=O)NC(=O)CCc2cccc(Cl)c2)c([N+](=O)[O-])c1. The Morgan fingerprint density at radius 2 is 2.00 bits per heavy atom. The largest absolute Gasteiger partial charge is 0.497 e. The van der Waals surface area contributed by atoms with Gasteiger partial charge in [-0.15, -0.1) is 0 Å². The molecule has 26 heavy (non-hydrogen) atoms. The lowest BCUT2D eigenvalue weighted by atomic mass is 10.1. The van der Waals surface area contributed by atoms with Crippen molar-refractivity contribution >= 4 is 33.2 Å². The Kier molecular flexibility index (Phi) is 6.17. The normalized spacial score (nSPS) is 11.0. The number of ether oxygens (including phenoxy) is 1. The zero-order chi connectivity index (χ0) is 19.3. The predicted molar refractivity (Wildman–Crippen MR) is 94.7 cm³/mol. The molecule has 0 heterocycles. The highest BCUT2D eigenvalue weighted by molar-refractivity contribution is 7.90. The minimum atomic E-state index is -4.40. The number of hydrogen-bond acceptors (Lipinski definition) is 6. The molecular formula is C16H15ClN2O6S. The fourth-order valence-corrected chi connectivity index (χ4v) is 3.58. The molecule has 0 radical (unpaired) electrons. The Balaban J connectivity index is 2.15. The number of aryl methyl sites for hydroxylation is 1. The molecule has 0 unspecified atom stereocenters. The van der Waals surface area contributed by atoms with E-state index in [0.717, 1.165) is 17.7 Å². The van der Waals surface area contributed by atoms with Gasteiger partial charge in [0.15, 0.2) is 4.90 Å². The van der Waals surface area contributed by atoms with Gasteiger partial charge in [-0.1, -0.05) is 23.7 Å². The van der Waals surface area contributed by atoms with Crippen LogP contribution in [0.5, 0.6) is 5.75 Å². The number of hydrogen-bond donors (Lipinski definition) is 1. The first-order valence-electron chi connectivity index (χ1n) is 7.35. The highest BCUT2D eigenvalue weighted by Gasteiger charge is 2.28. The van der Waals surface area contributed by atoms with Crippen LogP contribution in [0.4, 0.5) is 5.69 Å². The van der Waals surface area contributed by atoms with Crippen molar-refractivity contribution < 1.29 is 22.9 Å². The van der Waals surface area contributed by atoms with E-state index in [1.54, 1.807) is 24.3 Å². The summed E-state index contributed by atoms with van der Waals surface area (Å²) in [5.74, 6) is -0.655. The van der Waals surface area contributed by atoms with Gasteiger partial charge in [0.05, 0.1) is 18.1 Å². The summed E-state index contributed by atoms with van der Waals surface area (Å²) in [6, 6.07) is 10.1. The molecule has 0 aromatic heterocycles. The number of nitrogens with one attached hydrogen (secondary N) is 1. The summed E-state index contributed by atoms with van der Waals surface area (Å²) < 4.78 is 31.4. The summed E-state index contributed by atoms with van der Waals surface area (Å²) in [6.07, 6.45) is 0.149. The first-order valence-corrected chi connectivity index (χ1v) is 9.21.